The van der Waals surface area contributed by atoms with E-state index in [9.17, 15) is 4.39 Å². The fraction of sp³-hybridized carbons (Fsp3) is 0.286. The van der Waals surface area contributed by atoms with E-state index in [4.69, 9.17) is 14.9 Å². The van der Waals surface area contributed by atoms with Crippen LogP contribution in [0.2, 0.25) is 0 Å². The van der Waals surface area contributed by atoms with Crippen LogP contribution in [-0.2, 0) is 6.42 Å². The molecule has 1 aromatic heterocycles. The van der Waals surface area contributed by atoms with Gasteiger partial charge in [-0.25, -0.2) is 4.39 Å². The molecule has 2 aromatic rings. The number of halogens is 1. The van der Waals surface area contributed by atoms with Crippen LogP contribution < -0.4 is 10.5 Å². The summed E-state index contributed by atoms with van der Waals surface area (Å²) in [5.41, 5.74) is 6.52. The van der Waals surface area contributed by atoms with E-state index in [2.05, 4.69) is 0 Å². The molecule has 96 valence electrons. The van der Waals surface area contributed by atoms with Crippen LogP contribution in [-0.4, -0.2) is 7.11 Å². The lowest BCUT2D eigenvalue weighted by Gasteiger charge is -2.11. The summed E-state index contributed by atoms with van der Waals surface area (Å²) in [6, 6.07) is 8.34. The molecule has 1 atom stereocenters. The SMILES string of the molecule is COc1cccc(CC(N)c2ccc(C)o2)c1F. The molecule has 0 bridgehead atoms. The Hall–Kier alpha value is -1.81. The van der Waals surface area contributed by atoms with Crippen LogP contribution in [0.1, 0.15) is 23.1 Å². The van der Waals surface area contributed by atoms with E-state index < -0.39 is 0 Å². The van der Waals surface area contributed by atoms with Crippen molar-refractivity contribution in [3.8, 4) is 5.75 Å². The Morgan fingerprint density at radius 3 is 2.72 bits per heavy atom. The number of nitrogens with two attached hydrogens (primary N) is 1. The Bertz CT molecular complexity index is 536. The molecule has 0 saturated heterocycles. The Labute approximate surface area is 105 Å². The fourth-order valence-electron chi connectivity index (χ4n) is 1.86. The van der Waals surface area contributed by atoms with Gasteiger partial charge in [-0.3, -0.25) is 0 Å². The van der Waals surface area contributed by atoms with Gasteiger partial charge < -0.3 is 14.9 Å². The monoisotopic (exact) mass is 249 g/mol. The highest BCUT2D eigenvalue weighted by Gasteiger charge is 2.15. The van der Waals surface area contributed by atoms with E-state index in [-0.39, 0.29) is 17.6 Å². The van der Waals surface area contributed by atoms with Crippen molar-refractivity contribution in [3.05, 3.63) is 53.2 Å². The zero-order valence-electron chi connectivity index (χ0n) is 10.4. The van der Waals surface area contributed by atoms with Gasteiger partial charge in [0.2, 0.25) is 0 Å². The van der Waals surface area contributed by atoms with Crippen LogP contribution in [0.4, 0.5) is 4.39 Å². The smallest absolute Gasteiger partial charge is 0.168 e. The number of hydrogen-bond donors (Lipinski definition) is 1. The van der Waals surface area contributed by atoms with E-state index in [1.165, 1.54) is 7.11 Å². The normalized spacial score (nSPS) is 12.4. The zero-order chi connectivity index (χ0) is 13.1. The van der Waals surface area contributed by atoms with Gasteiger partial charge in [-0.15, -0.1) is 0 Å². The van der Waals surface area contributed by atoms with Crippen molar-refractivity contribution >= 4 is 0 Å². The van der Waals surface area contributed by atoms with E-state index in [0.717, 1.165) is 5.76 Å². The Morgan fingerprint density at radius 2 is 2.11 bits per heavy atom. The Balaban J connectivity index is 2.19. The standard InChI is InChI=1S/C14H16FNO2/c1-9-6-7-12(18-9)11(16)8-10-4-3-5-13(17-2)14(10)15/h3-7,11H,8,16H2,1-2H3. The van der Waals surface area contributed by atoms with Crippen LogP contribution in [0, 0.1) is 12.7 Å². The third-order valence-corrected chi connectivity index (χ3v) is 2.83. The summed E-state index contributed by atoms with van der Waals surface area (Å²) in [4.78, 5) is 0. The van der Waals surface area contributed by atoms with Crippen LogP contribution in [0.25, 0.3) is 0 Å². The summed E-state index contributed by atoms with van der Waals surface area (Å²) in [6.45, 7) is 1.85. The quantitative estimate of drug-likeness (QED) is 0.906. The molecule has 18 heavy (non-hydrogen) atoms. The summed E-state index contributed by atoms with van der Waals surface area (Å²) in [7, 11) is 1.44. The van der Waals surface area contributed by atoms with Crippen molar-refractivity contribution in [2.75, 3.05) is 7.11 Å². The van der Waals surface area contributed by atoms with Crippen molar-refractivity contribution < 1.29 is 13.5 Å². The summed E-state index contributed by atoms with van der Waals surface area (Å²) in [6.07, 6.45) is 0.371. The predicted molar refractivity (Wildman–Crippen MR) is 67.0 cm³/mol. The van der Waals surface area contributed by atoms with Gasteiger partial charge >= 0.3 is 0 Å². The number of ether oxygens (including phenoxy) is 1. The lowest BCUT2D eigenvalue weighted by Crippen LogP contribution is -2.13. The zero-order valence-corrected chi connectivity index (χ0v) is 10.4. The van der Waals surface area contributed by atoms with Crippen molar-refractivity contribution in [2.45, 2.75) is 19.4 Å². The van der Waals surface area contributed by atoms with Crippen LogP contribution in [0.15, 0.2) is 34.7 Å². The maximum atomic E-state index is 13.9. The van der Waals surface area contributed by atoms with Crippen molar-refractivity contribution in [1.82, 2.24) is 0 Å². The lowest BCUT2D eigenvalue weighted by atomic mass is 10.0. The molecule has 1 unspecified atom stereocenters. The first kappa shape index (κ1) is 12.6. The topological polar surface area (TPSA) is 48.4 Å². The molecule has 0 aliphatic carbocycles. The minimum Gasteiger partial charge on any atom is -0.494 e. The molecule has 0 saturated carbocycles. The number of hydrogen-bond acceptors (Lipinski definition) is 3. The largest absolute Gasteiger partial charge is 0.494 e. The third-order valence-electron chi connectivity index (χ3n) is 2.83. The van der Waals surface area contributed by atoms with Crippen molar-refractivity contribution in [3.63, 3.8) is 0 Å². The van der Waals surface area contributed by atoms with Crippen molar-refractivity contribution in [2.24, 2.45) is 5.73 Å². The second kappa shape index (κ2) is 5.23. The second-order valence-electron chi connectivity index (χ2n) is 4.19. The highest BCUT2D eigenvalue weighted by atomic mass is 19.1. The minimum atomic E-state index is -0.362. The molecular formula is C14H16FNO2. The molecule has 4 heteroatoms. The summed E-state index contributed by atoms with van der Waals surface area (Å²) in [5, 5.41) is 0. The maximum Gasteiger partial charge on any atom is 0.168 e. The fourth-order valence-corrected chi connectivity index (χ4v) is 1.86. The van der Waals surface area contributed by atoms with Gasteiger partial charge in [0.25, 0.3) is 0 Å². The van der Waals surface area contributed by atoms with E-state index >= 15 is 0 Å². The number of methoxy groups -OCH3 is 1. The van der Waals surface area contributed by atoms with Gasteiger partial charge in [-0.2, -0.15) is 0 Å². The van der Waals surface area contributed by atoms with Gasteiger partial charge in [0, 0.05) is 0 Å². The highest BCUT2D eigenvalue weighted by Crippen LogP contribution is 2.24. The van der Waals surface area contributed by atoms with Crippen LogP contribution in [0.3, 0.4) is 0 Å². The number of rotatable bonds is 4. The molecule has 1 heterocycles. The number of benzene rings is 1. The molecule has 0 aliphatic heterocycles. The highest BCUT2D eigenvalue weighted by molar-refractivity contribution is 5.32. The molecule has 0 aliphatic rings. The first-order valence-corrected chi connectivity index (χ1v) is 5.75. The minimum absolute atomic E-state index is 0.232. The van der Waals surface area contributed by atoms with Crippen molar-refractivity contribution in [1.29, 1.82) is 0 Å². The molecule has 1 aromatic carbocycles. The molecule has 2 N–H and O–H groups in total. The molecule has 0 radical (unpaired) electrons. The third kappa shape index (κ3) is 2.54. The van der Waals surface area contributed by atoms with Crippen LogP contribution >= 0.6 is 0 Å². The molecule has 0 amide bonds. The van der Waals surface area contributed by atoms with E-state index in [0.29, 0.717) is 17.7 Å². The summed E-state index contributed by atoms with van der Waals surface area (Å²) >= 11 is 0. The first-order valence-electron chi connectivity index (χ1n) is 5.75. The van der Waals surface area contributed by atoms with Gasteiger partial charge in [-0.05, 0) is 37.1 Å². The number of furan rings is 1. The average molecular weight is 249 g/mol. The van der Waals surface area contributed by atoms with Gasteiger partial charge in [0.15, 0.2) is 11.6 Å². The Morgan fingerprint density at radius 1 is 1.33 bits per heavy atom. The summed E-state index contributed by atoms with van der Waals surface area (Å²) in [5.74, 6) is 1.33. The lowest BCUT2D eigenvalue weighted by molar-refractivity contribution is 0.382. The molecular weight excluding hydrogens is 233 g/mol. The number of aryl methyl sites for hydroxylation is 1. The molecule has 2 rings (SSSR count). The first-order chi connectivity index (χ1) is 8.61. The van der Waals surface area contributed by atoms with Gasteiger partial charge in [-0.1, -0.05) is 12.1 Å². The summed E-state index contributed by atoms with van der Waals surface area (Å²) < 4.78 is 24.3. The Kier molecular flexibility index (Phi) is 3.67. The van der Waals surface area contributed by atoms with Gasteiger partial charge in [0.1, 0.15) is 11.5 Å². The van der Waals surface area contributed by atoms with E-state index in [1.807, 2.05) is 19.1 Å². The molecule has 0 fully saturated rings. The van der Waals surface area contributed by atoms with Crippen LogP contribution in [0.5, 0.6) is 5.75 Å². The van der Waals surface area contributed by atoms with Gasteiger partial charge in [0.05, 0.1) is 13.2 Å². The second-order valence-corrected chi connectivity index (χ2v) is 4.19. The van der Waals surface area contributed by atoms with E-state index in [1.54, 1.807) is 18.2 Å². The predicted octanol–water partition coefficient (Wildman–Crippen LogP) is 2.98. The molecule has 3 nitrogen and oxygen atoms in total. The maximum absolute atomic E-state index is 13.9. The average Bonchev–Trinajstić information content (AvgIpc) is 2.78. The molecule has 0 spiro atoms.